The molecule has 2 aliphatic heterocycles. The molecule has 32 heavy (non-hydrogen) atoms. The zero-order valence-corrected chi connectivity index (χ0v) is 18.3. The quantitative estimate of drug-likeness (QED) is 0.332. The number of anilines is 2. The number of rotatable bonds is 4. The van der Waals surface area contributed by atoms with E-state index in [-0.39, 0.29) is 23.7 Å². The maximum Gasteiger partial charge on any atom is 0.397 e. The fourth-order valence-corrected chi connectivity index (χ4v) is 4.45. The highest BCUT2D eigenvalue weighted by atomic mass is 32.2. The summed E-state index contributed by atoms with van der Waals surface area (Å²) in [6.45, 7) is 1.40. The molecule has 2 aliphatic rings. The topological polar surface area (TPSA) is 115 Å². The molecule has 0 aliphatic carbocycles. The normalized spacial score (nSPS) is 17.7. The van der Waals surface area contributed by atoms with E-state index in [0.717, 1.165) is 19.4 Å². The molecule has 5 rings (SSSR count). The van der Waals surface area contributed by atoms with Crippen molar-refractivity contribution in [3.05, 3.63) is 41.9 Å². The van der Waals surface area contributed by atoms with Crippen LogP contribution in [-0.2, 0) is 4.74 Å². The SMILES string of the molecule is COC(=O)c1nc(-c2cccc(N3CC4CCCN4c4nc(SC)ncc4C3=O)c2)no1. The third-order valence-electron chi connectivity index (χ3n) is 5.65. The Hall–Kier alpha value is -3.47. The number of methoxy groups -OCH3 is 1. The van der Waals surface area contributed by atoms with E-state index in [1.165, 1.54) is 18.9 Å². The lowest BCUT2D eigenvalue weighted by Crippen LogP contribution is -2.39. The van der Waals surface area contributed by atoms with Gasteiger partial charge in [-0.3, -0.25) is 4.79 Å². The van der Waals surface area contributed by atoms with E-state index in [2.05, 4.69) is 29.7 Å². The van der Waals surface area contributed by atoms with Gasteiger partial charge >= 0.3 is 11.9 Å². The first-order valence-corrected chi connectivity index (χ1v) is 11.3. The molecule has 164 valence electrons. The molecule has 0 radical (unpaired) electrons. The average molecular weight is 452 g/mol. The molecule has 1 saturated heterocycles. The van der Waals surface area contributed by atoms with Crippen LogP contribution in [-0.4, -0.2) is 64.5 Å². The first-order chi connectivity index (χ1) is 15.6. The number of aromatic nitrogens is 4. The monoisotopic (exact) mass is 452 g/mol. The van der Waals surface area contributed by atoms with E-state index >= 15 is 0 Å². The predicted molar refractivity (Wildman–Crippen MR) is 117 cm³/mol. The number of ether oxygens (including phenoxy) is 1. The molecule has 10 nitrogen and oxygen atoms in total. The van der Waals surface area contributed by atoms with Crippen LogP contribution in [0.2, 0.25) is 0 Å². The van der Waals surface area contributed by atoms with Crippen molar-refractivity contribution in [2.45, 2.75) is 24.0 Å². The summed E-state index contributed by atoms with van der Waals surface area (Å²) in [6, 6.07) is 7.46. The minimum absolute atomic E-state index is 0.150. The van der Waals surface area contributed by atoms with E-state index in [4.69, 9.17) is 4.52 Å². The van der Waals surface area contributed by atoms with Crippen LogP contribution in [0.3, 0.4) is 0 Å². The summed E-state index contributed by atoms with van der Waals surface area (Å²) in [4.78, 5) is 42.3. The van der Waals surface area contributed by atoms with Gasteiger partial charge in [0.15, 0.2) is 5.16 Å². The van der Waals surface area contributed by atoms with Gasteiger partial charge in [-0.2, -0.15) is 4.98 Å². The summed E-state index contributed by atoms with van der Waals surface area (Å²) in [5, 5.41) is 4.52. The molecule has 0 N–H and O–H groups in total. The van der Waals surface area contributed by atoms with Gasteiger partial charge in [0.05, 0.1) is 7.11 Å². The third kappa shape index (κ3) is 3.48. The van der Waals surface area contributed by atoms with Crippen LogP contribution in [0.15, 0.2) is 40.1 Å². The molecule has 11 heteroatoms. The molecule has 1 unspecified atom stereocenters. The van der Waals surface area contributed by atoms with Crippen molar-refractivity contribution in [2.75, 3.05) is 36.3 Å². The molecule has 0 spiro atoms. The zero-order valence-electron chi connectivity index (χ0n) is 17.5. The molecule has 2 aromatic heterocycles. The van der Waals surface area contributed by atoms with E-state index in [1.807, 2.05) is 24.5 Å². The van der Waals surface area contributed by atoms with Crippen molar-refractivity contribution in [2.24, 2.45) is 0 Å². The second-order valence-electron chi connectivity index (χ2n) is 7.46. The van der Waals surface area contributed by atoms with Gasteiger partial charge in [0.2, 0.25) is 5.82 Å². The highest BCUT2D eigenvalue weighted by molar-refractivity contribution is 7.98. The fourth-order valence-electron chi connectivity index (χ4n) is 4.12. The van der Waals surface area contributed by atoms with Crippen molar-refractivity contribution in [3.8, 4) is 11.4 Å². The summed E-state index contributed by atoms with van der Waals surface area (Å²) in [7, 11) is 1.24. The maximum atomic E-state index is 13.5. The Bertz CT molecular complexity index is 1200. The van der Waals surface area contributed by atoms with E-state index in [0.29, 0.717) is 34.3 Å². The van der Waals surface area contributed by atoms with Crippen LogP contribution in [0.5, 0.6) is 0 Å². The van der Waals surface area contributed by atoms with Gasteiger partial charge in [-0.05, 0) is 31.2 Å². The van der Waals surface area contributed by atoms with Crippen LogP contribution < -0.4 is 9.80 Å². The van der Waals surface area contributed by atoms with E-state index in [1.54, 1.807) is 17.2 Å². The largest absolute Gasteiger partial charge is 0.462 e. The van der Waals surface area contributed by atoms with E-state index in [9.17, 15) is 9.59 Å². The van der Waals surface area contributed by atoms with Gasteiger partial charge in [-0.15, -0.1) is 0 Å². The number of hydrogen-bond donors (Lipinski definition) is 0. The second kappa shape index (κ2) is 8.23. The summed E-state index contributed by atoms with van der Waals surface area (Å²) >= 11 is 1.46. The molecule has 1 fully saturated rings. The molecule has 1 amide bonds. The standard InChI is InChI=1S/C21H20N6O4S/c1-30-20(29)18-23-16(25-31-18)12-5-3-6-13(9-12)27-11-14-7-4-8-26(14)17-15(19(27)28)10-22-21(24-17)32-2/h3,5-6,9-10,14H,4,7-8,11H2,1-2H3. The van der Waals surface area contributed by atoms with Gasteiger partial charge in [0.1, 0.15) is 11.4 Å². The number of carbonyl (C=O) groups excluding carboxylic acids is 2. The van der Waals surface area contributed by atoms with E-state index < -0.39 is 5.97 Å². The number of carbonyl (C=O) groups is 2. The van der Waals surface area contributed by atoms with Gasteiger partial charge in [-0.1, -0.05) is 29.1 Å². The number of benzene rings is 1. The third-order valence-corrected chi connectivity index (χ3v) is 6.21. The number of nitrogens with zero attached hydrogens (tertiary/aromatic N) is 6. The van der Waals surface area contributed by atoms with Gasteiger partial charge < -0.3 is 19.1 Å². The second-order valence-corrected chi connectivity index (χ2v) is 8.24. The molecular weight excluding hydrogens is 432 g/mol. The van der Waals surface area contributed by atoms with Gasteiger partial charge in [0.25, 0.3) is 5.91 Å². The number of thioether (sulfide) groups is 1. The van der Waals surface area contributed by atoms with Crippen LogP contribution in [0.1, 0.15) is 33.9 Å². The Morgan fingerprint density at radius 2 is 2.19 bits per heavy atom. The zero-order chi connectivity index (χ0) is 22.2. The molecule has 0 bridgehead atoms. The molecule has 3 aromatic rings. The van der Waals surface area contributed by atoms with Crippen LogP contribution >= 0.6 is 11.8 Å². The lowest BCUT2D eigenvalue weighted by molar-refractivity contribution is 0.0545. The van der Waals surface area contributed by atoms with Gasteiger partial charge in [0, 0.05) is 36.6 Å². The Morgan fingerprint density at radius 1 is 1.31 bits per heavy atom. The highest BCUT2D eigenvalue weighted by Crippen LogP contribution is 2.35. The first-order valence-electron chi connectivity index (χ1n) is 10.1. The minimum atomic E-state index is -0.704. The van der Waals surface area contributed by atoms with Crippen molar-refractivity contribution in [1.82, 2.24) is 20.1 Å². The molecule has 1 aromatic carbocycles. The molecule has 1 atom stereocenters. The van der Waals surface area contributed by atoms with Crippen LogP contribution in [0.25, 0.3) is 11.4 Å². The lowest BCUT2D eigenvalue weighted by atomic mass is 10.1. The number of esters is 1. The molecule has 0 saturated carbocycles. The van der Waals surface area contributed by atoms with Crippen LogP contribution in [0.4, 0.5) is 11.5 Å². The smallest absolute Gasteiger partial charge is 0.397 e. The molecular formula is C21H20N6O4S. The fraction of sp³-hybridized carbons (Fsp3) is 0.333. The minimum Gasteiger partial charge on any atom is -0.462 e. The lowest BCUT2D eigenvalue weighted by Gasteiger charge is -2.27. The van der Waals surface area contributed by atoms with Gasteiger partial charge in [-0.25, -0.2) is 14.8 Å². The van der Waals surface area contributed by atoms with Crippen LogP contribution in [0, 0.1) is 0 Å². The number of fused-ring (bicyclic) bond motifs is 3. The Balaban J connectivity index is 1.53. The number of hydrogen-bond acceptors (Lipinski definition) is 10. The predicted octanol–water partition coefficient (Wildman–Crippen LogP) is 2.66. The summed E-state index contributed by atoms with van der Waals surface area (Å²) in [5.74, 6) is -0.134. The van der Waals surface area contributed by atoms with Crippen molar-refractivity contribution >= 4 is 35.1 Å². The summed E-state index contributed by atoms with van der Waals surface area (Å²) < 4.78 is 9.60. The average Bonchev–Trinajstić information content (AvgIpc) is 3.49. The van der Waals surface area contributed by atoms with Crippen molar-refractivity contribution in [3.63, 3.8) is 0 Å². The van der Waals surface area contributed by atoms with Crippen molar-refractivity contribution < 1.29 is 18.8 Å². The Morgan fingerprint density at radius 3 is 3.00 bits per heavy atom. The first kappa shape index (κ1) is 20.4. The maximum absolute atomic E-state index is 13.5. The molecule has 4 heterocycles. The van der Waals surface area contributed by atoms with Crippen molar-refractivity contribution in [1.29, 1.82) is 0 Å². The summed E-state index contributed by atoms with van der Waals surface area (Å²) in [5.41, 5.74) is 1.81. The highest BCUT2D eigenvalue weighted by Gasteiger charge is 2.37. The number of amides is 1. The Kier molecular flexibility index (Phi) is 5.25. The summed E-state index contributed by atoms with van der Waals surface area (Å²) in [6.07, 6.45) is 5.57. The Labute approximate surface area is 188 Å².